The van der Waals surface area contributed by atoms with Gasteiger partial charge in [0.1, 0.15) is 5.60 Å². The van der Waals surface area contributed by atoms with Crippen molar-refractivity contribution in [3.8, 4) is 0 Å². The van der Waals surface area contributed by atoms with Crippen molar-refractivity contribution in [2.45, 2.75) is 65.0 Å². The molecule has 1 atom stereocenters. The molecule has 5 heteroatoms. The second-order valence-electron chi connectivity index (χ2n) is 6.34. The van der Waals surface area contributed by atoms with Crippen molar-refractivity contribution in [2.24, 2.45) is 11.1 Å². The van der Waals surface area contributed by atoms with Crippen LogP contribution in [0.2, 0.25) is 0 Å². The standard InChI is InChI=1S/C14H25N3O2/c1-5-18-14(8-6-13(3,4)7-9-14)12-16-11(10(2)15)19-17-12/h10H,5-9,15H2,1-4H3/t10-/m1/s1. The van der Waals surface area contributed by atoms with Gasteiger partial charge in [-0.05, 0) is 44.9 Å². The lowest BCUT2D eigenvalue weighted by Gasteiger charge is -2.41. The average molecular weight is 267 g/mol. The topological polar surface area (TPSA) is 74.2 Å². The fraction of sp³-hybridized carbons (Fsp3) is 0.857. The number of nitrogens with zero attached hydrogens (tertiary/aromatic N) is 2. The van der Waals surface area contributed by atoms with Crippen molar-refractivity contribution in [2.75, 3.05) is 6.61 Å². The second-order valence-corrected chi connectivity index (χ2v) is 6.34. The zero-order valence-electron chi connectivity index (χ0n) is 12.4. The molecule has 1 aromatic heterocycles. The van der Waals surface area contributed by atoms with Crippen molar-refractivity contribution < 1.29 is 9.26 Å². The third kappa shape index (κ3) is 2.98. The average Bonchev–Trinajstić information content (AvgIpc) is 2.83. The number of nitrogens with two attached hydrogens (primary N) is 1. The summed E-state index contributed by atoms with van der Waals surface area (Å²) < 4.78 is 11.3. The van der Waals surface area contributed by atoms with Gasteiger partial charge in [-0.3, -0.25) is 0 Å². The number of hydrogen-bond acceptors (Lipinski definition) is 5. The lowest BCUT2D eigenvalue weighted by atomic mass is 9.70. The number of rotatable bonds is 4. The van der Waals surface area contributed by atoms with Crippen molar-refractivity contribution in [1.82, 2.24) is 10.1 Å². The molecule has 1 fully saturated rings. The van der Waals surface area contributed by atoms with E-state index < -0.39 is 0 Å². The molecule has 2 N–H and O–H groups in total. The third-order valence-electron chi connectivity index (χ3n) is 4.07. The summed E-state index contributed by atoms with van der Waals surface area (Å²) in [7, 11) is 0. The van der Waals surface area contributed by atoms with Crippen LogP contribution in [0.25, 0.3) is 0 Å². The zero-order valence-corrected chi connectivity index (χ0v) is 12.4. The number of hydrogen-bond donors (Lipinski definition) is 1. The summed E-state index contributed by atoms with van der Waals surface area (Å²) in [5.74, 6) is 1.15. The van der Waals surface area contributed by atoms with Crippen LogP contribution in [0.15, 0.2) is 4.52 Å². The van der Waals surface area contributed by atoms with E-state index in [-0.39, 0.29) is 11.6 Å². The lowest BCUT2D eigenvalue weighted by molar-refractivity contribution is -0.0957. The quantitative estimate of drug-likeness (QED) is 0.907. The smallest absolute Gasteiger partial charge is 0.243 e. The first kappa shape index (κ1) is 14.5. The summed E-state index contributed by atoms with van der Waals surface area (Å²) in [5.41, 5.74) is 5.76. The van der Waals surface area contributed by atoms with E-state index in [4.69, 9.17) is 15.0 Å². The highest BCUT2D eigenvalue weighted by Crippen LogP contribution is 2.46. The molecule has 108 valence electrons. The van der Waals surface area contributed by atoms with Gasteiger partial charge in [-0.2, -0.15) is 4.98 Å². The van der Waals surface area contributed by atoms with E-state index in [0.717, 1.165) is 25.7 Å². The van der Waals surface area contributed by atoms with Gasteiger partial charge in [-0.1, -0.05) is 19.0 Å². The largest absolute Gasteiger partial charge is 0.367 e. The monoisotopic (exact) mass is 267 g/mol. The molecule has 5 nitrogen and oxygen atoms in total. The fourth-order valence-corrected chi connectivity index (χ4v) is 2.64. The minimum Gasteiger partial charge on any atom is -0.367 e. The Morgan fingerprint density at radius 3 is 2.42 bits per heavy atom. The first-order chi connectivity index (χ1) is 8.88. The molecule has 2 rings (SSSR count). The Balaban J connectivity index is 2.24. The molecule has 0 unspecified atom stereocenters. The molecule has 0 aromatic carbocycles. The molecule has 1 aliphatic carbocycles. The maximum Gasteiger partial charge on any atom is 0.243 e. The molecule has 0 bridgehead atoms. The van der Waals surface area contributed by atoms with E-state index >= 15 is 0 Å². The molecule has 0 aliphatic heterocycles. The fourth-order valence-electron chi connectivity index (χ4n) is 2.64. The van der Waals surface area contributed by atoms with Gasteiger partial charge >= 0.3 is 0 Å². The van der Waals surface area contributed by atoms with Gasteiger partial charge in [0.25, 0.3) is 0 Å². The molecule has 0 amide bonds. The normalized spacial score (nSPS) is 23.2. The van der Waals surface area contributed by atoms with Crippen LogP contribution in [0, 0.1) is 5.41 Å². The van der Waals surface area contributed by atoms with Crippen molar-refractivity contribution in [3.63, 3.8) is 0 Å². The first-order valence-electron chi connectivity index (χ1n) is 7.12. The highest BCUT2D eigenvalue weighted by atomic mass is 16.5. The minimum atomic E-state index is -0.388. The summed E-state index contributed by atoms with van der Waals surface area (Å²) in [5, 5.41) is 4.11. The highest BCUT2D eigenvalue weighted by Gasteiger charge is 2.43. The van der Waals surface area contributed by atoms with Crippen LogP contribution in [-0.2, 0) is 10.3 Å². The molecule has 1 aliphatic rings. The molecule has 19 heavy (non-hydrogen) atoms. The van der Waals surface area contributed by atoms with Crippen LogP contribution in [-0.4, -0.2) is 16.7 Å². The first-order valence-corrected chi connectivity index (χ1v) is 7.12. The van der Waals surface area contributed by atoms with E-state index in [1.54, 1.807) is 0 Å². The number of ether oxygens (including phenoxy) is 1. The van der Waals surface area contributed by atoms with E-state index in [1.165, 1.54) is 0 Å². The maximum absolute atomic E-state index is 6.02. The Morgan fingerprint density at radius 1 is 1.32 bits per heavy atom. The predicted molar refractivity (Wildman–Crippen MR) is 72.5 cm³/mol. The Labute approximate surface area is 114 Å². The molecule has 0 saturated heterocycles. The van der Waals surface area contributed by atoms with Crippen LogP contribution >= 0.6 is 0 Å². The van der Waals surface area contributed by atoms with Crippen LogP contribution in [0.4, 0.5) is 0 Å². The Morgan fingerprint density at radius 2 is 1.95 bits per heavy atom. The molecule has 1 saturated carbocycles. The van der Waals surface area contributed by atoms with Gasteiger partial charge in [-0.25, -0.2) is 0 Å². The predicted octanol–water partition coefficient (Wildman–Crippen LogP) is 2.92. The summed E-state index contributed by atoms with van der Waals surface area (Å²) >= 11 is 0. The van der Waals surface area contributed by atoms with E-state index in [1.807, 2.05) is 13.8 Å². The van der Waals surface area contributed by atoms with Crippen molar-refractivity contribution >= 4 is 0 Å². The molecule has 1 heterocycles. The van der Waals surface area contributed by atoms with Crippen LogP contribution < -0.4 is 5.73 Å². The van der Waals surface area contributed by atoms with E-state index in [0.29, 0.717) is 23.7 Å². The lowest BCUT2D eigenvalue weighted by Crippen LogP contribution is -2.38. The van der Waals surface area contributed by atoms with Gasteiger partial charge in [0.15, 0.2) is 0 Å². The highest BCUT2D eigenvalue weighted by molar-refractivity contribution is 5.06. The van der Waals surface area contributed by atoms with Gasteiger partial charge < -0.3 is 15.0 Å². The van der Waals surface area contributed by atoms with Gasteiger partial charge in [0, 0.05) is 6.61 Å². The van der Waals surface area contributed by atoms with Crippen LogP contribution in [0.3, 0.4) is 0 Å². The van der Waals surface area contributed by atoms with Gasteiger partial charge in [0.2, 0.25) is 11.7 Å². The summed E-state index contributed by atoms with van der Waals surface area (Å²) in [6, 6.07) is -0.236. The van der Waals surface area contributed by atoms with Crippen molar-refractivity contribution in [3.05, 3.63) is 11.7 Å². The Bertz CT molecular complexity index is 416. The molecule has 0 spiro atoms. The minimum absolute atomic E-state index is 0.236. The van der Waals surface area contributed by atoms with Gasteiger partial charge in [-0.15, -0.1) is 0 Å². The molecular weight excluding hydrogens is 242 g/mol. The van der Waals surface area contributed by atoms with Crippen LogP contribution in [0.5, 0.6) is 0 Å². The Hall–Kier alpha value is -0.940. The molecule has 1 aromatic rings. The van der Waals surface area contributed by atoms with Gasteiger partial charge in [0.05, 0.1) is 6.04 Å². The van der Waals surface area contributed by atoms with E-state index in [9.17, 15) is 0 Å². The van der Waals surface area contributed by atoms with Crippen molar-refractivity contribution in [1.29, 1.82) is 0 Å². The molecular formula is C14H25N3O2. The third-order valence-corrected chi connectivity index (χ3v) is 4.07. The second kappa shape index (κ2) is 5.21. The zero-order chi connectivity index (χ0) is 14.1. The van der Waals surface area contributed by atoms with E-state index in [2.05, 4.69) is 24.0 Å². The Kier molecular flexibility index (Phi) is 3.97. The summed E-state index contributed by atoms with van der Waals surface area (Å²) in [6.45, 7) is 9.10. The SMILES string of the molecule is CCOC1(c2noc([C@@H](C)N)n2)CCC(C)(C)CC1. The number of aromatic nitrogens is 2. The molecule has 0 radical (unpaired) electrons. The van der Waals surface area contributed by atoms with Crippen LogP contribution in [0.1, 0.15) is 71.1 Å². The maximum atomic E-state index is 6.02. The summed E-state index contributed by atoms with van der Waals surface area (Å²) in [4.78, 5) is 4.44. The summed E-state index contributed by atoms with van der Waals surface area (Å²) in [6.07, 6.45) is 4.08.